The molecule has 2 atom stereocenters. The number of carbonyl (C=O) groups excluding carboxylic acids is 2. The van der Waals surface area contributed by atoms with Crippen LogP contribution in [0.5, 0.6) is 11.5 Å². The van der Waals surface area contributed by atoms with Crippen LogP contribution in [0.25, 0.3) is 0 Å². The summed E-state index contributed by atoms with van der Waals surface area (Å²) >= 11 is 12.9. The molecule has 1 saturated heterocycles. The van der Waals surface area contributed by atoms with Crippen LogP contribution >= 0.6 is 23.2 Å². The molecule has 4 rings (SSSR count). The van der Waals surface area contributed by atoms with Crippen LogP contribution in [0.2, 0.25) is 10.0 Å². The third-order valence-corrected chi connectivity index (χ3v) is 7.73. The second-order valence-electron chi connectivity index (χ2n) is 9.56. The molecule has 12 nitrogen and oxygen atoms in total. The maximum absolute atomic E-state index is 13.3. The van der Waals surface area contributed by atoms with Crippen LogP contribution < -0.4 is 35.6 Å². The number of hydrogen-bond acceptors (Lipinski definition) is 9. The molecule has 0 bridgehead atoms. The molecule has 3 amide bonds. The Morgan fingerprint density at radius 2 is 1.76 bits per heavy atom. The summed E-state index contributed by atoms with van der Waals surface area (Å²) in [5.41, 5.74) is 2.39. The summed E-state index contributed by atoms with van der Waals surface area (Å²) in [6, 6.07) is 6.83. The lowest BCUT2D eigenvalue weighted by Crippen LogP contribution is -2.46. The highest BCUT2D eigenvalue weighted by atomic mass is 35.5. The summed E-state index contributed by atoms with van der Waals surface area (Å²) in [4.78, 5) is 38.1. The first-order valence-corrected chi connectivity index (χ1v) is 14.0. The highest BCUT2D eigenvalue weighted by Gasteiger charge is 2.31. The molecule has 224 valence electrons. The van der Waals surface area contributed by atoms with E-state index >= 15 is 0 Å². The number of hydrogen-bond donors (Lipinski definition) is 4. The molecule has 2 unspecified atom stereocenters. The van der Waals surface area contributed by atoms with Gasteiger partial charge in [0.05, 0.1) is 37.2 Å². The molecule has 2 aliphatic heterocycles. The van der Waals surface area contributed by atoms with Crippen LogP contribution in [0, 0.1) is 5.92 Å². The zero-order chi connectivity index (χ0) is 30.4. The second kappa shape index (κ2) is 13.8. The predicted octanol–water partition coefficient (Wildman–Crippen LogP) is 4.52. The van der Waals surface area contributed by atoms with Crippen LogP contribution in [0.15, 0.2) is 46.9 Å². The number of nitrogens with zero attached hydrogens (tertiary/aromatic N) is 4. The average molecular weight is 618 g/mol. The number of aliphatic imine (C=N–C) groups is 2. The Kier molecular flexibility index (Phi) is 10.2. The van der Waals surface area contributed by atoms with Gasteiger partial charge in [0.2, 0.25) is 5.91 Å². The summed E-state index contributed by atoms with van der Waals surface area (Å²) in [5.74, 6) is 0.334. The third-order valence-electron chi connectivity index (χ3n) is 6.98. The van der Waals surface area contributed by atoms with E-state index in [0.717, 1.165) is 31.9 Å². The van der Waals surface area contributed by atoms with Crippen molar-refractivity contribution in [3.05, 3.63) is 47.0 Å². The maximum Gasteiger partial charge on any atom is 0.327 e. The number of urea groups is 1. The van der Waals surface area contributed by atoms with Gasteiger partial charge in [0, 0.05) is 45.0 Å². The van der Waals surface area contributed by atoms with Crippen molar-refractivity contribution < 1.29 is 19.1 Å². The lowest BCUT2D eigenvalue weighted by molar-refractivity contribution is -0.111. The fraction of sp³-hybridized carbons (Fsp3) is 0.357. The molecule has 0 saturated carbocycles. The molecule has 4 N–H and O–H groups in total. The van der Waals surface area contributed by atoms with E-state index in [0.29, 0.717) is 17.2 Å². The van der Waals surface area contributed by atoms with E-state index in [4.69, 9.17) is 32.7 Å². The van der Waals surface area contributed by atoms with Crippen LogP contribution in [0.1, 0.15) is 6.92 Å². The number of amides is 3. The molecule has 0 aliphatic carbocycles. The SMILES string of the molecule is C=CC(=O)Nc1cc(N2CCNCC2)ccc1NC1N=CN=C(N(C)C(=O)Nc2c(Cl)c(OC)cc(OC)c2Cl)C1C. The number of halogens is 2. The highest BCUT2D eigenvalue weighted by molar-refractivity contribution is 6.41. The minimum atomic E-state index is -0.534. The number of carbonyl (C=O) groups is 2. The number of piperazine rings is 1. The van der Waals surface area contributed by atoms with Gasteiger partial charge in [-0.05, 0) is 24.3 Å². The minimum absolute atomic E-state index is 0.128. The van der Waals surface area contributed by atoms with E-state index in [2.05, 4.69) is 42.7 Å². The van der Waals surface area contributed by atoms with Gasteiger partial charge in [-0.2, -0.15) is 0 Å². The lowest BCUT2D eigenvalue weighted by Gasteiger charge is -2.32. The Morgan fingerprint density at radius 1 is 1.10 bits per heavy atom. The van der Waals surface area contributed by atoms with Gasteiger partial charge in [-0.3, -0.25) is 9.69 Å². The molecule has 14 heteroatoms. The Hall–Kier alpha value is -4.00. The van der Waals surface area contributed by atoms with Gasteiger partial charge in [-0.1, -0.05) is 36.7 Å². The van der Waals surface area contributed by atoms with Gasteiger partial charge in [-0.25, -0.2) is 14.8 Å². The monoisotopic (exact) mass is 616 g/mol. The topological polar surface area (TPSA) is 132 Å². The largest absolute Gasteiger partial charge is 0.495 e. The minimum Gasteiger partial charge on any atom is -0.495 e. The van der Waals surface area contributed by atoms with E-state index in [1.807, 2.05) is 25.1 Å². The van der Waals surface area contributed by atoms with Crippen molar-refractivity contribution in [2.24, 2.45) is 15.9 Å². The number of benzene rings is 2. The van der Waals surface area contributed by atoms with E-state index in [1.165, 1.54) is 37.6 Å². The molecular formula is C28H34Cl2N8O4. The molecule has 2 aromatic carbocycles. The zero-order valence-electron chi connectivity index (χ0n) is 23.8. The molecule has 2 aliphatic rings. The van der Waals surface area contributed by atoms with Gasteiger partial charge < -0.3 is 35.6 Å². The van der Waals surface area contributed by atoms with Gasteiger partial charge >= 0.3 is 6.03 Å². The maximum atomic E-state index is 13.3. The Labute approximate surface area is 254 Å². The smallest absolute Gasteiger partial charge is 0.327 e. The predicted molar refractivity (Wildman–Crippen MR) is 169 cm³/mol. The van der Waals surface area contributed by atoms with Gasteiger partial charge in [-0.15, -0.1) is 0 Å². The number of nitrogens with one attached hydrogen (secondary N) is 4. The van der Waals surface area contributed by atoms with Crippen LogP contribution in [-0.4, -0.2) is 82.6 Å². The van der Waals surface area contributed by atoms with Crippen LogP contribution in [-0.2, 0) is 4.79 Å². The molecule has 2 aromatic rings. The van der Waals surface area contributed by atoms with Crippen molar-refractivity contribution in [3.63, 3.8) is 0 Å². The van der Waals surface area contributed by atoms with Crippen molar-refractivity contribution in [2.45, 2.75) is 13.1 Å². The lowest BCUT2D eigenvalue weighted by atomic mass is 10.0. The Morgan fingerprint density at radius 3 is 2.38 bits per heavy atom. The normalized spacial score (nSPS) is 18.0. The van der Waals surface area contributed by atoms with E-state index in [-0.39, 0.29) is 39.1 Å². The molecule has 0 spiro atoms. The highest BCUT2D eigenvalue weighted by Crippen LogP contribution is 2.44. The van der Waals surface area contributed by atoms with E-state index in [9.17, 15) is 9.59 Å². The third kappa shape index (κ3) is 6.72. The summed E-state index contributed by atoms with van der Waals surface area (Å²) in [5, 5.41) is 12.6. The summed E-state index contributed by atoms with van der Waals surface area (Å²) in [6.07, 6.45) is 2.11. The first-order valence-electron chi connectivity index (χ1n) is 13.2. The first-order chi connectivity index (χ1) is 20.2. The van der Waals surface area contributed by atoms with E-state index in [1.54, 1.807) is 7.05 Å². The second-order valence-corrected chi connectivity index (χ2v) is 10.3. The molecule has 1 fully saturated rings. The standard InChI is InChI=1S/C28H34Cl2N8O4/c1-6-22(39)34-19-13-17(38-11-9-31-10-12-38)7-8-18(19)35-26-16(2)27(33-15-32-26)37(3)28(40)36-25-23(29)20(41-4)14-21(42-5)24(25)30/h6-8,13-16,26,31,35H,1,9-12H2,2-5H3,(H,34,39)(H,36,40). The number of methoxy groups -OCH3 is 2. The Balaban J connectivity index is 1.53. The fourth-order valence-corrected chi connectivity index (χ4v) is 5.22. The number of rotatable bonds is 8. The van der Waals surface area contributed by atoms with Crippen molar-refractivity contribution in [1.29, 1.82) is 0 Å². The molecule has 0 aromatic heterocycles. The van der Waals surface area contributed by atoms with Crippen molar-refractivity contribution in [2.75, 3.05) is 68.3 Å². The number of anilines is 4. The van der Waals surface area contributed by atoms with Gasteiger partial charge in [0.1, 0.15) is 39.9 Å². The average Bonchev–Trinajstić information content (AvgIpc) is 3.01. The van der Waals surface area contributed by atoms with E-state index < -0.39 is 12.2 Å². The number of ether oxygens (including phenoxy) is 2. The molecule has 0 radical (unpaired) electrons. The van der Waals surface area contributed by atoms with Crippen molar-refractivity contribution in [1.82, 2.24) is 10.2 Å². The van der Waals surface area contributed by atoms with Crippen LogP contribution in [0.4, 0.5) is 27.5 Å². The van der Waals surface area contributed by atoms with Crippen molar-refractivity contribution >= 4 is 70.1 Å². The molecule has 2 heterocycles. The zero-order valence-corrected chi connectivity index (χ0v) is 25.3. The molecule has 42 heavy (non-hydrogen) atoms. The number of amidine groups is 1. The summed E-state index contributed by atoms with van der Waals surface area (Å²) in [6.45, 7) is 8.95. The van der Waals surface area contributed by atoms with Gasteiger partial charge in [0.25, 0.3) is 0 Å². The van der Waals surface area contributed by atoms with Crippen molar-refractivity contribution in [3.8, 4) is 11.5 Å². The Bertz CT molecular complexity index is 1380. The van der Waals surface area contributed by atoms with Crippen LogP contribution in [0.3, 0.4) is 0 Å². The first kappa shape index (κ1) is 30.9. The fourth-order valence-electron chi connectivity index (χ4n) is 4.62. The molecular weight excluding hydrogens is 583 g/mol. The summed E-state index contributed by atoms with van der Waals surface area (Å²) in [7, 11) is 4.48. The summed E-state index contributed by atoms with van der Waals surface area (Å²) < 4.78 is 10.6. The van der Waals surface area contributed by atoms with Gasteiger partial charge in [0.15, 0.2) is 0 Å². The quantitative estimate of drug-likeness (QED) is 0.321.